The van der Waals surface area contributed by atoms with Gasteiger partial charge in [0.2, 0.25) is 10.0 Å². The highest BCUT2D eigenvalue weighted by molar-refractivity contribution is 7.98. The van der Waals surface area contributed by atoms with Gasteiger partial charge in [-0.25, -0.2) is 8.42 Å². The Kier molecular flexibility index (Phi) is 8.90. The topological polar surface area (TPSA) is 161 Å². The van der Waals surface area contributed by atoms with Crippen LogP contribution in [0.3, 0.4) is 0 Å². The Bertz CT molecular complexity index is 1530. The second-order valence-corrected chi connectivity index (χ2v) is 14.9. The predicted molar refractivity (Wildman–Crippen MR) is 164 cm³/mol. The molecule has 0 saturated carbocycles. The SMILES string of the molecule is CC(C)CC[C@@]1(C)C(=O)C(C2=NSc3c(C(O)(O)NS(=O)(=O)CCN4CCOCC4)csc3N2)=C(O)c2ccccc21. The highest BCUT2D eigenvalue weighted by Gasteiger charge is 2.46. The van der Waals surface area contributed by atoms with Gasteiger partial charge in [0.15, 0.2) is 11.6 Å². The van der Waals surface area contributed by atoms with Crippen LogP contribution >= 0.6 is 23.3 Å². The van der Waals surface area contributed by atoms with Gasteiger partial charge >= 0.3 is 0 Å². The minimum absolute atomic E-state index is 0.0659. The van der Waals surface area contributed by atoms with Crippen molar-refractivity contribution in [2.24, 2.45) is 10.3 Å². The van der Waals surface area contributed by atoms with E-state index in [0.29, 0.717) is 54.1 Å². The molecule has 2 aromatic rings. The molecular weight excluding hydrogens is 601 g/mol. The summed E-state index contributed by atoms with van der Waals surface area (Å²) in [7, 11) is -4.07. The molecule has 1 fully saturated rings. The van der Waals surface area contributed by atoms with Crippen LogP contribution in [0.5, 0.6) is 0 Å². The van der Waals surface area contributed by atoms with Crippen LogP contribution in [0.1, 0.15) is 50.3 Å². The number of carbonyl (C=O) groups is 1. The molecule has 1 saturated heterocycles. The maximum Gasteiger partial charge on any atom is 0.265 e. The molecule has 228 valence electrons. The fraction of sp³-hybridized carbons (Fsp3) is 0.500. The van der Waals surface area contributed by atoms with Crippen molar-refractivity contribution in [3.05, 3.63) is 51.9 Å². The second kappa shape index (κ2) is 12.0. The zero-order valence-electron chi connectivity index (χ0n) is 23.7. The van der Waals surface area contributed by atoms with E-state index in [2.05, 4.69) is 23.6 Å². The van der Waals surface area contributed by atoms with Gasteiger partial charge in [-0.1, -0.05) is 38.1 Å². The number of morpholine rings is 1. The lowest BCUT2D eigenvalue weighted by atomic mass is 9.66. The Balaban J connectivity index is 1.38. The van der Waals surface area contributed by atoms with E-state index < -0.39 is 21.3 Å². The quantitative estimate of drug-likeness (QED) is 0.194. The zero-order chi connectivity index (χ0) is 30.3. The maximum atomic E-state index is 14.0. The van der Waals surface area contributed by atoms with Crippen LogP contribution in [-0.2, 0) is 30.9 Å². The second-order valence-electron chi connectivity index (χ2n) is 11.4. The number of ketones is 1. The number of aliphatic hydroxyl groups excluding tert-OH is 1. The number of fused-ring (bicyclic) bond motifs is 2. The van der Waals surface area contributed by atoms with E-state index in [1.54, 1.807) is 6.07 Å². The van der Waals surface area contributed by atoms with Crippen molar-refractivity contribution in [2.45, 2.75) is 49.8 Å². The van der Waals surface area contributed by atoms with Gasteiger partial charge in [-0.3, -0.25) is 9.69 Å². The molecule has 5 N–H and O–H groups in total. The van der Waals surface area contributed by atoms with Gasteiger partial charge in [0.25, 0.3) is 5.91 Å². The molecule has 5 rings (SSSR count). The molecule has 0 unspecified atom stereocenters. The molecule has 0 spiro atoms. The first-order valence-electron chi connectivity index (χ1n) is 13.8. The number of nitrogens with one attached hydrogen (secondary N) is 2. The average molecular weight is 637 g/mol. The average Bonchev–Trinajstić information content (AvgIpc) is 3.39. The minimum atomic E-state index is -4.07. The number of Topliss-reactive ketones (excluding diaryl/α,β-unsaturated/α-hetero) is 1. The van der Waals surface area contributed by atoms with Gasteiger partial charge in [-0.05, 0) is 31.2 Å². The molecule has 0 amide bonds. The summed E-state index contributed by atoms with van der Waals surface area (Å²) in [4.78, 5) is 16.3. The van der Waals surface area contributed by atoms with Crippen LogP contribution in [0.25, 0.3) is 5.76 Å². The van der Waals surface area contributed by atoms with E-state index in [1.165, 1.54) is 5.38 Å². The van der Waals surface area contributed by atoms with E-state index in [4.69, 9.17) is 4.74 Å². The highest BCUT2D eigenvalue weighted by atomic mass is 32.2. The number of amidine groups is 1. The molecule has 1 aliphatic carbocycles. The normalized spacial score (nSPS) is 21.7. The van der Waals surface area contributed by atoms with E-state index in [0.717, 1.165) is 35.3 Å². The Morgan fingerprint density at radius 2 is 1.95 bits per heavy atom. The fourth-order valence-corrected chi connectivity index (χ4v) is 8.47. The third-order valence-electron chi connectivity index (χ3n) is 7.86. The largest absolute Gasteiger partial charge is 0.506 e. The summed E-state index contributed by atoms with van der Waals surface area (Å²) >= 11 is 1.98. The first-order valence-corrected chi connectivity index (χ1v) is 17.1. The van der Waals surface area contributed by atoms with Crippen LogP contribution in [0, 0.1) is 5.92 Å². The number of thiophene rings is 1. The summed E-state index contributed by atoms with van der Waals surface area (Å²) in [6.07, 6.45) is 1.41. The smallest absolute Gasteiger partial charge is 0.265 e. The molecule has 42 heavy (non-hydrogen) atoms. The lowest BCUT2D eigenvalue weighted by Crippen LogP contribution is -2.48. The van der Waals surface area contributed by atoms with Crippen LogP contribution < -0.4 is 10.0 Å². The molecule has 11 nitrogen and oxygen atoms in total. The van der Waals surface area contributed by atoms with E-state index in [1.807, 2.05) is 34.7 Å². The van der Waals surface area contributed by atoms with E-state index in [-0.39, 0.29) is 40.8 Å². The number of aliphatic hydroxyl groups is 3. The Morgan fingerprint density at radius 3 is 2.67 bits per heavy atom. The number of hydrogen-bond acceptors (Lipinski definition) is 12. The van der Waals surface area contributed by atoms with Crippen molar-refractivity contribution in [2.75, 3.05) is 43.9 Å². The van der Waals surface area contributed by atoms with Crippen LogP contribution in [-0.4, -0.2) is 78.9 Å². The summed E-state index contributed by atoms with van der Waals surface area (Å²) < 4.78 is 37.2. The molecule has 1 aromatic carbocycles. The molecule has 2 aliphatic heterocycles. The first kappa shape index (κ1) is 31.1. The molecule has 1 atom stereocenters. The molecule has 1 aromatic heterocycles. The molecule has 3 heterocycles. The van der Waals surface area contributed by atoms with Gasteiger partial charge in [0.1, 0.15) is 16.3 Å². The number of hydrogen-bond donors (Lipinski definition) is 5. The summed E-state index contributed by atoms with van der Waals surface area (Å²) in [6.45, 7) is 8.58. The molecule has 0 radical (unpaired) electrons. The number of nitrogens with zero attached hydrogens (tertiary/aromatic N) is 2. The van der Waals surface area contributed by atoms with Gasteiger partial charge in [-0.15, -0.1) is 11.3 Å². The third kappa shape index (κ3) is 6.17. The Labute approximate surface area is 253 Å². The first-order chi connectivity index (χ1) is 19.8. The fourth-order valence-electron chi connectivity index (χ4n) is 5.35. The van der Waals surface area contributed by atoms with Crippen molar-refractivity contribution in [3.63, 3.8) is 0 Å². The molecule has 3 aliphatic rings. The van der Waals surface area contributed by atoms with Crippen molar-refractivity contribution < 1.29 is 33.3 Å². The standard InChI is InChI=1S/C28H36N4O7S3/c1-17(2)8-9-27(3)19-7-5-4-6-18(19)22(33)21(24(27)34)25-29-26-23(41-30-25)20(16-40-26)28(35,36)31-42(37,38)15-12-32-10-13-39-14-11-32/h4-7,16-17,31,33,35-36H,8-15H2,1-3H3,(H,29,30)/t27-/m1/s1. The molecule has 0 bridgehead atoms. The highest BCUT2D eigenvalue weighted by Crippen LogP contribution is 2.47. The monoisotopic (exact) mass is 636 g/mol. The number of rotatable bonds is 10. The number of ether oxygens (including phenoxy) is 1. The van der Waals surface area contributed by atoms with Crippen LogP contribution in [0.15, 0.2) is 44.5 Å². The van der Waals surface area contributed by atoms with Gasteiger partial charge in [0, 0.05) is 42.5 Å². The summed E-state index contributed by atoms with van der Waals surface area (Å²) in [5, 5.41) is 37.9. The predicted octanol–water partition coefficient (Wildman–Crippen LogP) is 3.17. The van der Waals surface area contributed by atoms with Crippen LogP contribution in [0.2, 0.25) is 0 Å². The number of sulfonamides is 1. The van der Waals surface area contributed by atoms with Crippen molar-refractivity contribution >= 4 is 55.7 Å². The maximum absolute atomic E-state index is 14.0. The Morgan fingerprint density at radius 1 is 1.24 bits per heavy atom. The third-order valence-corrected chi connectivity index (χ3v) is 11.1. The van der Waals surface area contributed by atoms with Crippen molar-refractivity contribution in [1.82, 2.24) is 9.62 Å². The molecular formula is C28H36N4O7S3. The minimum Gasteiger partial charge on any atom is -0.506 e. The van der Waals surface area contributed by atoms with Crippen LogP contribution in [0.4, 0.5) is 5.00 Å². The summed E-state index contributed by atoms with van der Waals surface area (Å²) in [5.41, 5.74) is 0.450. The zero-order valence-corrected chi connectivity index (χ0v) is 26.2. The number of carbonyl (C=O) groups excluding carboxylic acids is 1. The van der Waals surface area contributed by atoms with E-state index in [9.17, 15) is 28.5 Å². The van der Waals surface area contributed by atoms with Crippen molar-refractivity contribution in [1.29, 1.82) is 0 Å². The van der Waals surface area contributed by atoms with E-state index >= 15 is 0 Å². The van der Waals surface area contributed by atoms with Gasteiger partial charge in [0.05, 0.1) is 34.8 Å². The summed E-state index contributed by atoms with van der Waals surface area (Å²) in [6, 6.07) is 7.33. The molecule has 14 heteroatoms. The lowest BCUT2D eigenvalue weighted by Gasteiger charge is -2.36. The Hall–Kier alpha value is -2.30. The van der Waals surface area contributed by atoms with Crippen molar-refractivity contribution in [3.8, 4) is 0 Å². The van der Waals surface area contributed by atoms with Gasteiger partial charge < -0.3 is 25.4 Å². The lowest BCUT2D eigenvalue weighted by molar-refractivity contribution is -0.179. The summed E-state index contributed by atoms with van der Waals surface area (Å²) in [5.74, 6) is -3.09. The number of benzene rings is 1. The number of anilines is 1. The van der Waals surface area contributed by atoms with Gasteiger partial charge in [-0.2, -0.15) is 9.12 Å².